The summed E-state index contributed by atoms with van der Waals surface area (Å²) in [5, 5.41) is 3.18. The molecule has 0 unspecified atom stereocenters. The molecule has 0 fully saturated rings. The van der Waals surface area contributed by atoms with Crippen molar-refractivity contribution in [2.24, 2.45) is 0 Å². The first-order chi connectivity index (χ1) is 9.10. The Labute approximate surface area is 124 Å². The maximum Gasteiger partial charge on any atom is 0.0931 e. The summed E-state index contributed by atoms with van der Waals surface area (Å²) in [6.07, 6.45) is 0. The number of halogens is 1. The molecular weight excluding hydrogens is 276 g/mol. The zero-order chi connectivity index (χ0) is 13.8. The summed E-state index contributed by atoms with van der Waals surface area (Å²) in [7, 11) is 4.09. The Morgan fingerprint density at radius 3 is 2.63 bits per heavy atom. The van der Waals surface area contributed by atoms with Crippen LogP contribution in [-0.4, -0.2) is 14.1 Å². The van der Waals surface area contributed by atoms with Crippen LogP contribution in [0.3, 0.4) is 0 Å². The summed E-state index contributed by atoms with van der Waals surface area (Å²) in [4.78, 5) is 3.55. The second kappa shape index (κ2) is 6.42. The Morgan fingerprint density at radius 1 is 1.26 bits per heavy atom. The molecule has 0 bridgehead atoms. The van der Waals surface area contributed by atoms with Gasteiger partial charge in [-0.05, 0) is 43.3 Å². The van der Waals surface area contributed by atoms with E-state index in [9.17, 15) is 0 Å². The van der Waals surface area contributed by atoms with E-state index in [0.717, 1.165) is 17.4 Å². The highest BCUT2D eigenvalue weighted by Crippen LogP contribution is 2.26. The van der Waals surface area contributed by atoms with Crippen LogP contribution in [0.15, 0.2) is 30.3 Å². The lowest BCUT2D eigenvalue weighted by molar-refractivity contribution is 0.816. The van der Waals surface area contributed by atoms with E-state index >= 15 is 0 Å². The van der Waals surface area contributed by atoms with E-state index in [-0.39, 0.29) is 0 Å². The normalized spacial score (nSPS) is 10.7. The maximum atomic E-state index is 5.97. The molecule has 102 valence electrons. The number of hydrogen-bond acceptors (Lipinski definition) is 3. The monoisotopic (exact) mass is 294 g/mol. The molecule has 1 aromatic heterocycles. The minimum Gasteiger partial charge on any atom is -0.369 e. The SMILES string of the molecule is CNCc1ccc(N(C)Cc2ccc(Cl)s2)c(C)c1. The summed E-state index contributed by atoms with van der Waals surface area (Å²) < 4.78 is 0.851. The average Bonchev–Trinajstić information content (AvgIpc) is 2.75. The lowest BCUT2D eigenvalue weighted by Crippen LogP contribution is -2.17. The van der Waals surface area contributed by atoms with E-state index in [0.29, 0.717) is 0 Å². The summed E-state index contributed by atoms with van der Waals surface area (Å²) in [5.41, 5.74) is 3.89. The fourth-order valence-electron chi connectivity index (χ4n) is 2.22. The molecule has 0 amide bonds. The van der Waals surface area contributed by atoms with Crippen molar-refractivity contribution in [3.05, 3.63) is 50.7 Å². The minimum absolute atomic E-state index is 0.851. The van der Waals surface area contributed by atoms with Gasteiger partial charge in [0.2, 0.25) is 0 Å². The van der Waals surface area contributed by atoms with Gasteiger partial charge in [-0.1, -0.05) is 23.7 Å². The first kappa shape index (κ1) is 14.4. The second-order valence-electron chi connectivity index (χ2n) is 4.71. The highest BCUT2D eigenvalue weighted by atomic mass is 35.5. The van der Waals surface area contributed by atoms with Crippen molar-refractivity contribution >= 4 is 28.6 Å². The smallest absolute Gasteiger partial charge is 0.0931 e. The molecule has 1 N–H and O–H groups in total. The largest absolute Gasteiger partial charge is 0.369 e. The predicted octanol–water partition coefficient (Wildman–Crippen LogP) is 4.07. The number of nitrogens with zero attached hydrogens (tertiary/aromatic N) is 1. The standard InChI is InChI=1S/C15H19ClN2S/c1-11-8-12(9-17-2)4-6-14(11)18(3)10-13-5-7-15(16)19-13/h4-8,17H,9-10H2,1-3H3. The van der Waals surface area contributed by atoms with Crippen LogP contribution in [0.2, 0.25) is 4.34 Å². The Hall–Kier alpha value is -1.03. The van der Waals surface area contributed by atoms with Crippen LogP contribution in [0.5, 0.6) is 0 Å². The van der Waals surface area contributed by atoms with Crippen LogP contribution >= 0.6 is 22.9 Å². The van der Waals surface area contributed by atoms with Crippen molar-refractivity contribution in [1.29, 1.82) is 0 Å². The number of aryl methyl sites for hydroxylation is 1. The molecule has 2 aromatic rings. The third-order valence-corrected chi connectivity index (χ3v) is 4.29. The van der Waals surface area contributed by atoms with Crippen molar-refractivity contribution in [2.45, 2.75) is 20.0 Å². The van der Waals surface area contributed by atoms with Crippen LogP contribution in [0.25, 0.3) is 0 Å². The van der Waals surface area contributed by atoms with Crippen molar-refractivity contribution in [1.82, 2.24) is 5.32 Å². The molecule has 1 aromatic carbocycles. The van der Waals surface area contributed by atoms with Gasteiger partial charge in [0, 0.05) is 24.2 Å². The van der Waals surface area contributed by atoms with Crippen molar-refractivity contribution in [3.8, 4) is 0 Å². The number of thiophene rings is 1. The molecule has 0 aliphatic carbocycles. The highest BCUT2D eigenvalue weighted by Gasteiger charge is 2.07. The van der Waals surface area contributed by atoms with Gasteiger partial charge in [0.25, 0.3) is 0 Å². The van der Waals surface area contributed by atoms with Crippen LogP contribution < -0.4 is 10.2 Å². The zero-order valence-electron chi connectivity index (χ0n) is 11.5. The van der Waals surface area contributed by atoms with E-state index in [1.54, 1.807) is 11.3 Å². The lowest BCUT2D eigenvalue weighted by Gasteiger charge is -2.21. The average molecular weight is 295 g/mol. The quantitative estimate of drug-likeness (QED) is 0.894. The molecule has 2 rings (SSSR count). The van der Waals surface area contributed by atoms with Crippen LogP contribution in [0.4, 0.5) is 5.69 Å². The van der Waals surface area contributed by atoms with Crippen LogP contribution in [-0.2, 0) is 13.1 Å². The Balaban J connectivity index is 2.12. The van der Waals surface area contributed by atoms with Crippen LogP contribution in [0, 0.1) is 6.92 Å². The summed E-state index contributed by atoms with van der Waals surface area (Å²) >= 11 is 7.61. The van der Waals surface area contributed by atoms with Gasteiger partial charge >= 0.3 is 0 Å². The van der Waals surface area contributed by atoms with Gasteiger partial charge in [0.1, 0.15) is 0 Å². The van der Waals surface area contributed by atoms with Gasteiger partial charge in [0.15, 0.2) is 0 Å². The summed E-state index contributed by atoms with van der Waals surface area (Å²) in [6.45, 7) is 3.96. The van der Waals surface area contributed by atoms with E-state index in [1.807, 2.05) is 13.1 Å². The molecule has 0 aliphatic rings. The van der Waals surface area contributed by atoms with Crippen molar-refractivity contribution in [3.63, 3.8) is 0 Å². The molecule has 0 aliphatic heterocycles. The number of nitrogens with one attached hydrogen (secondary N) is 1. The van der Waals surface area contributed by atoms with E-state index in [1.165, 1.54) is 21.7 Å². The molecular formula is C15H19ClN2S. The topological polar surface area (TPSA) is 15.3 Å². The fourth-order valence-corrected chi connectivity index (χ4v) is 3.36. The van der Waals surface area contributed by atoms with Gasteiger partial charge in [-0.3, -0.25) is 0 Å². The molecule has 0 atom stereocenters. The Kier molecular flexibility index (Phi) is 4.86. The van der Waals surface area contributed by atoms with Gasteiger partial charge in [-0.25, -0.2) is 0 Å². The fraction of sp³-hybridized carbons (Fsp3) is 0.333. The third kappa shape index (κ3) is 3.72. The summed E-state index contributed by atoms with van der Waals surface area (Å²) in [6, 6.07) is 10.7. The Morgan fingerprint density at radius 2 is 2.05 bits per heavy atom. The van der Waals surface area contributed by atoms with Gasteiger partial charge in [-0.2, -0.15) is 0 Å². The molecule has 1 heterocycles. The maximum absolute atomic E-state index is 5.97. The Bertz CT molecular complexity index is 551. The van der Waals surface area contributed by atoms with Gasteiger partial charge in [0.05, 0.1) is 10.9 Å². The molecule has 0 saturated carbocycles. The van der Waals surface area contributed by atoms with E-state index < -0.39 is 0 Å². The molecule has 0 spiro atoms. The van der Waals surface area contributed by atoms with E-state index in [2.05, 4.69) is 48.5 Å². The molecule has 4 heteroatoms. The van der Waals surface area contributed by atoms with Crippen LogP contribution in [0.1, 0.15) is 16.0 Å². The van der Waals surface area contributed by atoms with Crippen molar-refractivity contribution < 1.29 is 0 Å². The highest BCUT2D eigenvalue weighted by molar-refractivity contribution is 7.16. The number of rotatable bonds is 5. The number of benzene rings is 1. The number of hydrogen-bond donors (Lipinski definition) is 1. The third-order valence-electron chi connectivity index (χ3n) is 3.08. The first-order valence-corrected chi connectivity index (χ1v) is 7.49. The molecule has 2 nitrogen and oxygen atoms in total. The second-order valence-corrected chi connectivity index (χ2v) is 6.51. The van der Waals surface area contributed by atoms with Gasteiger partial charge in [-0.15, -0.1) is 11.3 Å². The predicted molar refractivity (Wildman–Crippen MR) is 85.4 cm³/mol. The first-order valence-electron chi connectivity index (χ1n) is 6.29. The summed E-state index contributed by atoms with van der Waals surface area (Å²) in [5.74, 6) is 0. The van der Waals surface area contributed by atoms with E-state index in [4.69, 9.17) is 11.6 Å². The number of anilines is 1. The van der Waals surface area contributed by atoms with Crippen molar-refractivity contribution in [2.75, 3.05) is 19.0 Å². The minimum atomic E-state index is 0.851. The molecule has 0 radical (unpaired) electrons. The van der Waals surface area contributed by atoms with Gasteiger partial charge < -0.3 is 10.2 Å². The lowest BCUT2D eigenvalue weighted by atomic mass is 10.1. The zero-order valence-corrected chi connectivity index (χ0v) is 13.1. The molecule has 0 saturated heterocycles. The molecule has 19 heavy (non-hydrogen) atoms.